The Morgan fingerprint density at radius 2 is 1.50 bits per heavy atom. The van der Waals surface area contributed by atoms with E-state index in [4.69, 9.17) is 9.47 Å². The fourth-order valence-corrected chi connectivity index (χ4v) is 4.03. The van der Waals surface area contributed by atoms with Crippen molar-refractivity contribution < 1.29 is 17.9 Å². The van der Waals surface area contributed by atoms with Gasteiger partial charge in [-0.25, -0.2) is 18.1 Å². The minimum atomic E-state index is -3.88. The largest absolute Gasteiger partial charge is 0.493 e. The van der Waals surface area contributed by atoms with E-state index in [0.29, 0.717) is 29.7 Å². The summed E-state index contributed by atoms with van der Waals surface area (Å²) >= 11 is 0. The Bertz CT molecular complexity index is 1350. The number of anilines is 1. The van der Waals surface area contributed by atoms with E-state index in [1.54, 1.807) is 36.4 Å². The molecule has 4 rings (SSSR count). The molecule has 0 atom stereocenters. The molecule has 0 spiro atoms. The third-order valence-electron chi connectivity index (χ3n) is 4.66. The van der Waals surface area contributed by atoms with Crippen LogP contribution in [0, 0.1) is 5.92 Å². The third-order valence-corrected chi connectivity index (χ3v) is 6.00. The van der Waals surface area contributed by atoms with Crippen molar-refractivity contribution >= 4 is 16.0 Å². The molecule has 0 aliphatic heterocycles. The lowest BCUT2D eigenvalue weighted by atomic mass is 10.1. The molecule has 8 heteroatoms. The monoisotopic (exact) mass is 475 g/mol. The first-order valence-electron chi connectivity index (χ1n) is 10.8. The molecule has 0 fully saturated rings. The Kier molecular flexibility index (Phi) is 7.08. The van der Waals surface area contributed by atoms with Crippen molar-refractivity contribution in [3.8, 4) is 28.6 Å². The maximum absolute atomic E-state index is 12.9. The number of hydrogen-bond acceptors (Lipinski definition) is 6. The highest BCUT2D eigenvalue weighted by Gasteiger charge is 2.18. The summed E-state index contributed by atoms with van der Waals surface area (Å²) in [5.74, 6) is 1.75. The van der Waals surface area contributed by atoms with Crippen molar-refractivity contribution in [2.45, 2.75) is 18.7 Å². The van der Waals surface area contributed by atoms with E-state index in [1.807, 2.05) is 42.5 Å². The molecule has 174 valence electrons. The van der Waals surface area contributed by atoms with E-state index in [2.05, 4.69) is 28.5 Å². The first-order chi connectivity index (χ1) is 16.4. The Labute approximate surface area is 199 Å². The van der Waals surface area contributed by atoms with Gasteiger partial charge in [0.05, 0.1) is 17.2 Å². The zero-order valence-corrected chi connectivity index (χ0v) is 19.7. The molecule has 0 amide bonds. The molecule has 1 aromatic heterocycles. The van der Waals surface area contributed by atoms with Gasteiger partial charge in [-0.2, -0.15) is 4.98 Å². The highest BCUT2D eigenvalue weighted by Crippen LogP contribution is 2.29. The van der Waals surface area contributed by atoms with E-state index in [1.165, 1.54) is 12.1 Å². The van der Waals surface area contributed by atoms with E-state index in [-0.39, 0.29) is 16.7 Å². The molecular weight excluding hydrogens is 450 g/mol. The average molecular weight is 476 g/mol. The highest BCUT2D eigenvalue weighted by atomic mass is 32.2. The van der Waals surface area contributed by atoms with Gasteiger partial charge in [0.15, 0.2) is 0 Å². The molecule has 34 heavy (non-hydrogen) atoms. The summed E-state index contributed by atoms with van der Waals surface area (Å²) in [4.78, 5) is 8.86. The first-order valence-corrected chi connectivity index (χ1v) is 12.3. The average Bonchev–Trinajstić information content (AvgIpc) is 2.84. The molecule has 0 saturated heterocycles. The lowest BCUT2D eigenvalue weighted by molar-refractivity contribution is 0.271. The van der Waals surface area contributed by atoms with Gasteiger partial charge in [-0.3, -0.25) is 0 Å². The number of hydrogen-bond donors (Lipinski definition) is 1. The fraction of sp³-hybridized carbons (Fsp3) is 0.154. The molecule has 0 aliphatic rings. The summed E-state index contributed by atoms with van der Waals surface area (Å²) < 4.78 is 39.9. The van der Waals surface area contributed by atoms with Crippen LogP contribution in [0.25, 0.3) is 11.3 Å². The van der Waals surface area contributed by atoms with Gasteiger partial charge < -0.3 is 9.47 Å². The fourth-order valence-electron chi connectivity index (χ4n) is 3.07. The van der Waals surface area contributed by atoms with Crippen molar-refractivity contribution in [3.05, 3.63) is 91.0 Å². The summed E-state index contributed by atoms with van der Waals surface area (Å²) in [5.41, 5.74) is 1.23. The predicted molar refractivity (Wildman–Crippen MR) is 132 cm³/mol. The van der Waals surface area contributed by atoms with E-state index in [9.17, 15) is 8.42 Å². The lowest BCUT2D eigenvalue weighted by Gasteiger charge is -2.13. The number of benzene rings is 3. The summed E-state index contributed by atoms with van der Waals surface area (Å²) in [6, 6.07) is 26.3. The zero-order valence-electron chi connectivity index (χ0n) is 18.9. The van der Waals surface area contributed by atoms with Crippen LogP contribution in [0.2, 0.25) is 0 Å². The Morgan fingerprint density at radius 3 is 2.21 bits per heavy atom. The minimum absolute atomic E-state index is 0.0965. The van der Waals surface area contributed by atoms with Gasteiger partial charge >= 0.3 is 0 Å². The maximum Gasteiger partial charge on any atom is 0.264 e. The summed E-state index contributed by atoms with van der Waals surface area (Å²) in [5, 5.41) is 0. The third kappa shape index (κ3) is 6.11. The predicted octanol–water partition coefficient (Wildman–Crippen LogP) is 5.77. The van der Waals surface area contributed by atoms with Crippen LogP contribution >= 0.6 is 0 Å². The van der Waals surface area contributed by atoms with Gasteiger partial charge in [-0.15, -0.1) is 0 Å². The molecule has 0 bridgehead atoms. The summed E-state index contributed by atoms with van der Waals surface area (Å²) in [6.45, 7) is 4.73. The molecule has 0 aliphatic carbocycles. The molecule has 4 aromatic rings. The molecule has 1 heterocycles. The van der Waals surface area contributed by atoms with E-state index >= 15 is 0 Å². The number of ether oxygens (including phenoxy) is 2. The van der Waals surface area contributed by atoms with Crippen LogP contribution in [0.4, 0.5) is 5.95 Å². The molecule has 0 saturated carbocycles. The van der Waals surface area contributed by atoms with E-state index in [0.717, 1.165) is 5.56 Å². The van der Waals surface area contributed by atoms with Crippen LogP contribution in [0.1, 0.15) is 13.8 Å². The minimum Gasteiger partial charge on any atom is -0.493 e. The van der Waals surface area contributed by atoms with Crippen LogP contribution in [-0.4, -0.2) is 25.0 Å². The number of para-hydroxylation sites is 1. The number of nitrogens with one attached hydrogen (secondary N) is 1. The van der Waals surface area contributed by atoms with Gasteiger partial charge in [0.2, 0.25) is 11.8 Å². The van der Waals surface area contributed by atoms with Gasteiger partial charge in [0.1, 0.15) is 11.5 Å². The van der Waals surface area contributed by atoms with Crippen molar-refractivity contribution in [1.29, 1.82) is 0 Å². The van der Waals surface area contributed by atoms with Crippen LogP contribution in [0.15, 0.2) is 95.9 Å². The van der Waals surface area contributed by atoms with Gasteiger partial charge in [0, 0.05) is 11.6 Å². The quantitative estimate of drug-likeness (QED) is 0.330. The van der Waals surface area contributed by atoms with E-state index < -0.39 is 10.0 Å². The molecule has 1 N–H and O–H groups in total. The normalized spacial score (nSPS) is 11.3. The molecular formula is C26H25N3O4S. The van der Waals surface area contributed by atoms with Gasteiger partial charge in [-0.1, -0.05) is 62.4 Å². The lowest BCUT2D eigenvalue weighted by Crippen LogP contribution is -2.15. The summed E-state index contributed by atoms with van der Waals surface area (Å²) in [7, 11) is -3.88. The van der Waals surface area contributed by atoms with Crippen LogP contribution in [0.3, 0.4) is 0 Å². The molecule has 0 unspecified atom stereocenters. The number of rotatable bonds is 9. The van der Waals surface area contributed by atoms with Crippen LogP contribution in [0.5, 0.6) is 17.4 Å². The second-order valence-electron chi connectivity index (χ2n) is 7.98. The standard InChI is InChI=1S/C26H25N3O4S/c1-19(2)18-32-22-13-9-10-20(16-22)24-17-25(33-21-11-5-3-6-12-21)28-26(27-24)29-34(30,31)23-14-7-4-8-15-23/h3-17,19H,18H2,1-2H3,(H,27,28,29). The Hall–Kier alpha value is -3.91. The number of sulfonamides is 1. The Balaban J connectivity index is 1.71. The van der Waals surface area contributed by atoms with Crippen molar-refractivity contribution in [3.63, 3.8) is 0 Å². The highest BCUT2D eigenvalue weighted by molar-refractivity contribution is 7.92. The zero-order chi connectivity index (χ0) is 24.0. The second-order valence-corrected chi connectivity index (χ2v) is 9.66. The molecule has 7 nitrogen and oxygen atoms in total. The smallest absolute Gasteiger partial charge is 0.264 e. The van der Waals surface area contributed by atoms with Crippen molar-refractivity contribution in [2.24, 2.45) is 5.92 Å². The maximum atomic E-state index is 12.9. The van der Waals surface area contributed by atoms with Crippen molar-refractivity contribution in [2.75, 3.05) is 11.3 Å². The number of aromatic nitrogens is 2. The van der Waals surface area contributed by atoms with Crippen LogP contribution < -0.4 is 14.2 Å². The topological polar surface area (TPSA) is 90.4 Å². The first kappa shape index (κ1) is 23.3. The second kappa shape index (κ2) is 10.4. The van der Waals surface area contributed by atoms with Crippen molar-refractivity contribution in [1.82, 2.24) is 9.97 Å². The number of nitrogens with zero attached hydrogens (tertiary/aromatic N) is 2. The SMILES string of the molecule is CC(C)COc1cccc(-c2cc(Oc3ccccc3)nc(NS(=O)(=O)c3ccccc3)n2)c1. The molecule has 3 aromatic carbocycles. The molecule has 0 radical (unpaired) electrons. The van der Waals surface area contributed by atoms with Crippen LogP contribution in [-0.2, 0) is 10.0 Å². The summed E-state index contributed by atoms with van der Waals surface area (Å²) in [6.07, 6.45) is 0. The Morgan fingerprint density at radius 1 is 0.824 bits per heavy atom. The van der Waals surface area contributed by atoms with Gasteiger partial charge in [-0.05, 0) is 42.3 Å². The van der Waals surface area contributed by atoms with Gasteiger partial charge in [0.25, 0.3) is 10.0 Å².